The third-order valence-corrected chi connectivity index (χ3v) is 4.69. The van der Waals surface area contributed by atoms with Gasteiger partial charge in [-0.25, -0.2) is 10.1 Å². The Balaban J connectivity index is 1.66. The fraction of sp³-hybridized carbons (Fsp3) is 0. The van der Waals surface area contributed by atoms with E-state index in [0.29, 0.717) is 26.9 Å². The summed E-state index contributed by atoms with van der Waals surface area (Å²) in [5.74, 6) is -0.479. The first-order valence-electron chi connectivity index (χ1n) is 8.42. The standard InChI is InChI=1S/C18H12Cl2N8O2/c19-12-7-6-10(8-13(12)20)9-22-24-18(29)14-15(11-4-2-1-3-5-11)28(27-23-14)17-16(21)25-30-26-17/h1-9H,(H2,21,25)(H,24,29). The molecule has 0 aliphatic carbocycles. The summed E-state index contributed by atoms with van der Waals surface area (Å²) in [4.78, 5) is 12.7. The number of carbonyl (C=O) groups is 1. The molecule has 30 heavy (non-hydrogen) atoms. The summed E-state index contributed by atoms with van der Waals surface area (Å²) >= 11 is 11.9. The van der Waals surface area contributed by atoms with Gasteiger partial charge in [-0.1, -0.05) is 64.8 Å². The van der Waals surface area contributed by atoms with E-state index in [0.717, 1.165) is 0 Å². The van der Waals surface area contributed by atoms with Crippen molar-refractivity contribution in [3.8, 4) is 17.1 Å². The Morgan fingerprint density at radius 3 is 2.63 bits per heavy atom. The summed E-state index contributed by atoms with van der Waals surface area (Å²) in [7, 11) is 0. The molecular formula is C18H12Cl2N8O2. The van der Waals surface area contributed by atoms with Crippen LogP contribution in [0.5, 0.6) is 0 Å². The van der Waals surface area contributed by atoms with Crippen LogP contribution in [0.2, 0.25) is 10.0 Å². The van der Waals surface area contributed by atoms with Gasteiger partial charge in [0.2, 0.25) is 11.6 Å². The second kappa shape index (κ2) is 8.31. The van der Waals surface area contributed by atoms with Crippen LogP contribution < -0.4 is 11.2 Å². The van der Waals surface area contributed by atoms with Crippen LogP contribution in [-0.2, 0) is 0 Å². The van der Waals surface area contributed by atoms with Crippen molar-refractivity contribution >= 4 is 41.1 Å². The molecule has 4 rings (SSSR count). The molecule has 0 saturated carbocycles. The highest BCUT2D eigenvalue weighted by molar-refractivity contribution is 6.42. The minimum absolute atomic E-state index is 0.00155. The molecular weight excluding hydrogens is 431 g/mol. The zero-order valence-electron chi connectivity index (χ0n) is 15.0. The Morgan fingerprint density at radius 1 is 1.13 bits per heavy atom. The molecule has 0 fully saturated rings. The van der Waals surface area contributed by atoms with Crippen LogP contribution in [0.1, 0.15) is 16.1 Å². The van der Waals surface area contributed by atoms with Crippen molar-refractivity contribution in [1.82, 2.24) is 30.7 Å². The maximum Gasteiger partial charge on any atom is 0.294 e. The van der Waals surface area contributed by atoms with E-state index in [2.05, 4.69) is 35.8 Å². The van der Waals surface area contributed by atoms with Crippen molar-refractivity contribution in [2.24, 2.45) is 5.10 Å². The van der Waals surface area contributed by atoms with E-state index in [1.165, 1.54) is 10.9 Å². The predicted octanol–water partition coefficient (Wildman–Crippen LogP) is 2.97. The summed E-state index contributed by atoms with van der Waals surface area (Å²) < 4.78 is 5.91. The fourth-order valence-corrected chi connectivity index (χ4v) is 2.89. The molecule has 4 aromatic rings. The lowest BCUT2D eigenvalue weighted by atomic mass is 10.1. The molecule has 0 spiro atoms. The molecule has 0 radical (unpaired) electrons. The maximum absolute atomic E-state index is 12.7. The maximum atomic E-state index is 12.7. The number of hydrogen-bond donors (Lipinski definition) is 2. The molecule has 10 nitrogen and oxygen atoms in total. The quantitative estimate of drug-likeness (QED) is 0.357. The molecule has 1 amide bonds. The number of hydrazone groups is 1. The number of rotatable bonds is 5. The second-order valence-electron chi connectivity index (χ2n) is 5.91. The molecule has 0 bridgehead atoms. The van der Waals surface area contributed by atoms with Crippen molar-refractivity contribution in [3.05, 3.63) is 69.8 Å². The van der Waals surface area contributed by atoms with Gasteiger partial charge >= 0.3 is 0 Å². The third-order valence-electron chi connectivity index (χ3n) is 3.95. The number of halogens is 2. The summed E-state index contributed by atoms with van der Waals surface area (Å²) in [5, 5.41) is 19.9. The van der Waals surface area contributed by atoms with Crippen LogP contribution in [0.25, 0.3) is 17.1 Å². The summed E-state index contributed by atoms with van der Waals surface area (Å²) in [6, 6.07) is 14.0. The second-order valence-corrected chi connectivity index (χ2v) is 6.72. The summed E-state index contributed by atoms with van der Waals surface area (Å²) in [6.07, 6.45) is 1.42. The highest BCUT2D eigenvalue weighted by Gasteiger charge is 2.24. The van der Waals surface area contributed by atoms with Gasteiger partial charge in [0.25, 0.3) is 5.91 Å². The van der Waals surface area contributed by atoms with E-state index >= 15 is 0 Å². The number of benzene rings is 2. The Morgan fingerprint density at radius 2 is 1.93 bits per heavy atom. The summed E-state index contributed by atoms with van der Waals surface area (Å²) in [6.45, 7) is 0. The number of hydrogen-bond acceptors (Lipinski definition) is 8. The largest absolute Gasteiger partial charge is 0.378 e. The molecule has 3 N–H and O–H groups in total. The predicted molar refractivity (Wildman–Crippen MR) is 111 cm³/mol. The van der Waals surface area contributed by atoms with E-state index in [-0.39, 0.29) is 17.3 Å². The first-order chi connectivity index (χ1) is 14.5. The van der Waals surface area contributed by atoms with E-state index in [4.69, 9.17) is 28.9 Å². The fourth-order valence-electron chi connectivity index (χ4n) is 2.59. The average molecular weight is 443 g/mol. The first-order valence-corrected chi connectivity index (χ1v) is 9.18. The minimum Gasteiger partial charge on any atom is -0.378 e. The van der Waals surface area contributed by atoms with Gasteiger partial charge in [-0.05, 0) is 28.0 Å². The lowest BCUT2D eigenvalue weighted by molar-refractivity contribution is 0.0950. The van der Waals surface area contributed by atoms with Gasteiger partial charge in [-0.15, -0.1) is 5.10 Å². The van der Waals surface area contributed by atoms with Gasteiger partial charge in [0.05, 0.1) is 16.3 Å². The highest BCUT2D eigenvalue weighted by atomic mass is 35.5. The average Bonchev–Trinajstić information content (AvgIpc) is 3.37. The van der Waals surface area contributed by atoms with Crippen molar-refractivity contribution in [2.75, 3.05) is 5.73 Å². The molecule has 2 aromatic heterocycles. The topological polar surface area (TPSA) is 137 Å². The SMILES string of the molecule is Nc1nonc1-n1nnc(C(=O)NN=Cc2ccc(Cl)c(Cl)c2)c1-c1ccccc1. The monoisotopic (exact) mass is 442 g/mol. The molecule has 0 atom stereocenters. The van der Waals surface area contributed by atoms with Crippen molar-refractivity contribution < 1.29 is 9.42 Å². The van der Waals surface area contributed by atoms with Gasteiger partial charge in [-0.2, -0.15) is 9.78 Å². The highest BCUT2D eigenvalue weighted by Crippen LogP contribution is 2.26. The van der Waals surface area contributed by atoms with Crippen molar-refractivity contribution in [2.45, 2.75) is 0 Å². The van der Waals surface area contributed by atoms with Crippen LogP contribution in [0.15, 0.2) is 58.3 Å². The van der Waals surface area contributed by atoms with Crippen LogP contribution in [0.4, 0.5) is 5.82 Å². The number of amides is 1. The number of aromatic nitrogens is 5. The normalized spacial score (nSPS) is 11.1. The molecule has 12 heteroatoms. The minimum atomic E-state index is -0.591. The number of nitrogen functional groups attached to an aromatic ring is 1. The van der Waals surface area contributed by atoms with Crippen LogP contribution in [0.3, 0.4) is 0 Å². The van der Waals surface area contributed by atoms with Gasteiger partial charge in [0.1, 0.15) is 5.69 Å². The van der Waals surface area contributed by atoms with Crippen LogP contribution in [-0.4, -0.2) is 37.4 Å². The molecule has 2 heterocycles. The smallest absolute Gasteiger partial charge is 0.294 e. The molecule has 0 saturated heterocycles. The Labute approximate surface area is 179 Å². The van der Waals surface area contributed by atoms with E-state index in [1.807, 2.05) is 6.07 Å². The van der Waals surface area contributed by atoms with Gasteiger partial charge in [-0.3, -0.25) is 4.79 Å². The van der Waals surface area contributed by atoms with Crippen LogP contribution >= 0.6 is 23.2 Å². The van der Waals surface area contributed by atoms with Crippen LogP contribution in [0, 0.1) is 0 Å². The van der Waals surface area contributed by atoms with Gasteiger partial charge in [0, 0.05) is 5.56 Å². The molecule has 150 valence electrons. The summed E-state index contributed by atoms with van der Waals surface area (Å²) in [5.41, 5.74) is 9.85. The number of anilines is 1. The van der Waals surface area contributed by atoms with E-state index in [1.54, 1.807) is 42.5 Å². The van der Waals surface area contributed by atoms with E-state index in [9.17, 15) is 4.79 Å². The molecule has 0 aliphatic heterocycles. The zero-order chi connectivity index (χ0) is 21.1. The van der Waals surface area contributed by atoms with Gasteiger partial charge < -0.3 is 5.73 Å². The lowest BCUT2D eigenvalue weighted by Crippen LogP contribution is -2.19. The van der Waals surface area contributed by atoms with Gasteiger partial charge in [0.15, 0.2) is 5.69 Å². The zero-order valence-corrected chi connectivity index (χ0v) is 16.5. The Hall–Kier alpha value is -3.76. The number of nitrogens with zero attached hydrogens (tertiary/aromatic N) is 6. The first kappa shape index (κ1) is 19.6. The third kappa shape index (κ3) is 3.86. The number of nitrogens with one attached hydrogen (secondary N) is 1. The lowest BCUT2D eigenvalue weighted by Gasteiger charge is -2.05. The molecule has 0 aliphatic rings. The Bertz CT molecular complexity index is 1240. The van der Waals surface area contributed by atoms with E-state index < -0.39 is 5.91 Å². The van der Waals surface area contributed by atoms with Crippen molar-refractivity contribution in [1.29, 1.82) is 0 Å². The Kier molecular flexibility index (Phi) is 5.42. The number of carbonyl (C=O) groups excluding carboxylic acids is 1. The molecule has 0 unspecified atom stereocenters. The number of nitrogens with two attached hydrogens (primary N) is 1. The molecule has 2 aromatic carbocycles. The van der Waals surface area contributed by atoms with Crippen molar-refractivity contribution in [3.63, 3.8) is 0 Å².